The lowest BCUT2D eigenvalue weighted by Crippen LogP contribution is -2.61. The molecule has 0 aliphatic heterocycles. The predicted molar refractivity (Wildman–Crippen MR) is 93.7 cm³/mol. The molecule has 0 aromatic rings. The number of amides is 1. The van der Waals surface area contributed by atoms with E-state index in [9.17, 15) is 14.4 Å². The summed E-state index contributed by atoms with van der Waals surface area (Å²) < 4.78 is 10.2. The van der Waals surface area contributed by atoms with Crippen LogP contribution < -0.4 is 5.32 Å². The van der Waals surface area contributed by atoms with Gasteiger partial charge in [-0.3, -0.25) is 4.79 Å². The second-order valence-electron chi connectivity index (χ2n) is 6.11. The molecule has 1 amide bonds. The van der Waals surface area contributed by atoms with E-state index >= 15 is 0 Å². The fourth-order valence-corrected chi connectivity index (χ4v) is 2.87. The van der Waals surface area contributed by atoms with E-state index in [2.05, 4.69) is 11.0 Å². The Labute approximate surface area is 149 Å². The van der Waals surface area contributed by atoms with E-state index in [1.807, 2.05) is 6.08 Å². The van der Waals surface area contributed by atoms with Crippen LogP contribution in [0.25, 0.3) is 0 Å². The van der Waals surface area contributed by atoms with Crippen molar-refractivity contribution in [2.24, 2.45) is 0 Å². The topological polar surface area (TPSA) is 81.7 Å². The molecule has 1 aliphatic rings. The number of rotatable bonds is 7. The van der Waals surface area contributed by atoms with Crippen molar-refractivity contribution in [2.45, 2.75) is 71.3 Å². The van der Waals surface area contributed by atoms with Crippen LogP contribution in [0.4, 0.5) is 0 Å². The lowest BCUT2D eigenvalue weighted by Gasteiger charge is -2.30. The Hall–Kier alpha value is -2.07. The highest BCUT2D eigenvalue weighted by Crippen LogP contribution is 2.25. The van der Waals surface area contributed by atoms with Crippen molar-refractivity contribution in [3.63, 3.8) is 0 Å². The van der Waals surface area contributed by atoms with E-state index in [4.69, 9.17) is 9.47 Å². The van der Waals surface area contributed by atoms with E-state index in [-0.39, 0.29) is 19.6 Å². The maximum atomic E-state index is 12.6. The Balaban J connectivity index is 3.25. The molecule has 1 N–H and O–H groups in total. The predicted octanol–water partition coefficient (Wildman–Crippen LogP) is 2.81. The first-order chi connectivity index (χ1) is 12.0. The molecule has 0 aromatic carbocycles. The summed E-state index contributed by atoms with van der Waals surface area (Å²) in [5, 5.41) is 2.50. The maximum Gasteiger partial charge on any atom is 0.344 e. The second kappa shape index (κ2) is 10.7. The Morgan fingerprint density at radius 3 is 2.24 bits per heavy atom. The largest absolute Gasteiger partial charge is 0.464 e. The van der Waals surface area contributed by atoms with Crippen molar-refractivity contribution in [3.05, 3.63) is 17.4 Å². The smallest absolute Gasteiger partial charge is 0.344 e. The molecule has 0 heterocycles. The van der Waals surface area contributed by atoms with Gasteiger partial charge >= 0.3 is 11.9 Å². The zero-order chi connectivity index (χ0) is 18.7. The first kappa shape index (κ1) is 21.0. The molecule has 0 saturated carbocycles. The molecule has 0 bridgehead atoms. The quantitative estimate of drug-likeness (QED) is 0.433. The van der Waals surface area contributed by atoms with Gasteiger partial charge in [-0.2, -0.15) is 0 Å². The minimum Gasteiger partial charge on any atom is -0.464 e. The van der Waals surface area contributed by atoms with E-state index in [0.717, 1.165) is 44.1 Å². The molecule has 0 saturated heterocycles. The summed E-state index contributed by atoms with van der Waals surface area (Å²) in [5.74, 6) is -2.08. The van der Waals surface area contributed by atoms with Crippen LogP contribution in [-0.2, 0) is 23.9 Å². The van der Waals surface area contributed by atoms with Crippen molar-refractivity contribution in [1.82, 2.24) is 5.32 Å². The van der Waals surface area contributed by atoms with Crippen molar-refractivity contribution >= 4 is 17.8 Å². The molecule has 0 fully saturated rings. The Morgan fingerprint density at radius 2 is 1.68 bits per heavy atom. The highest BCUT2D eigenvalue weighted by Gasteiger charge is 2.50. The number of carbonyl (C=O) groups excluding carboxylic acids is 3. The number of ether oxygens (including phenoxy) is 2. The number of hydrogen-bond donors (Lipinski definition) is 1. The van der Waals surface area contributed by atoms with Crippen LogP contribution in [0.15, 0.2) is 17.4 Å². The van der Waals surface area contributed by atoms with Crippen molar-refractivity contribution in [2.75, 3.05) is 13.2 Å². The van der Waals surface area contributed by atoms with Crippen LogP contribution in [0, 0.1) is 0 Å². The normalized spacial score (nSPS) is 15.2. The average Bonchev–Trinajstić information content (AvgIpc) is 2.68. The highest BCUT2D eigenvalue weighted by molar-refractivity contribution is 6.08. The van der Waals surface area contributed by atoms with Gasteiger partial charge in [0.2, 0.25) is 11.4 Å². The molecule has 25 heavy (non-hydrogen) atoms. The van der Waals surface area contributed by atoms with Gasteiger partial charge in [-0.1, -0.05) is 12.8 Å². The van der Waals surface area contributed by atoms with Gasteiger partial charge in [0.1, 0.15) is 0 Å². The first-order valence-corrected chi connectivity index (χ1v) is 9.02. The molecule has 0 spiro atoms. The fourth-order valence-electron chi connectivity index (χ4n) is 2.87. The van der Waals surface area contributed by atoms with Gasteiger partial charge in [0.05, 0.1) is 13.2 Å². The Kier molecular flexibility index (Phi) is 9.00. The first-order valence-electron chi connectivity index (χ1n) is 9.02. The van der Waals surface area contributed by atoms with Crippen molar-refractivity contribution in [1.29, 1.82) is 0 Å². The van der Waals surface area contributed by atoms with E-state index in [1.54, 1.807) is 13.8 Å². The Bertz CT molecular complexity index is 528. The summed E-state index contributed by atoms with van der Waals surface area (Å²) in [4.78, 5) is 37.0. The fraction of sp³-hybridized carbons (Fsp3) is 0.684. The zero-order valence-electron chi connectivity index (χ0n) is 15.5. The molecule has 0 radical (unpaired) electrons. The number of carbonyl (C=O) groups is 3. The maximum absolute atomic E-state index is 12.6. The monoisotopic (exact) mass is 351 g/mol. The van der Waals surface area contributed by atoms with Gasteiger partial charge in [0.25, 0.3) is 0 Å². The molecule has 0 unspecified atom stereocenters. The summed E-state index contributed by atoms with van der Waals surface area (Å²) in [6.07, 6.45) is 7.89. The molecular weight excluding hydrogens is 322 g/mol. The molecule has 0 atom stereocenters. The van der Waals surface area contributed by atoms with Crippen LogP contribution >= 0.6 is 0 Å². The third-order valence-electron chi connectivity index (χ3n) is 4.00. The summed E-state index contributed by atoms with van der Waals surface area (Å²) in [7, 11) is 0. The van der Waals surface area contributed by atoms with Crippen LogP contribution in [0.1, 0.15) is 65.7 Å². The second-order valence-corrected chi connectivity index (χ2v) is 6.11. The lowest BCUT2D eigenvalue weighted by molar-refractivity contribution is -0.168. The SMILES string of the molecule is CCOC(=O)C(CC1=C=CCCCCCC1)(NC(C)=O)C(=O)OCC. The van der Waals surface area contributed by atoms with E-state index < -0.39 is 23.4 Å². The van der Waals surface area contributed by atoms with Gasteiger partial charge in [0.15, 0.2) is 0 Å². The average molecular weight is 351 g/mol. The minimum atomic E-state index is -1.86. The standard InChI is InChI=1S/C19H29NO5/c1-4-24-17(22)19(20-15(3)21,18(23)25-5-2)14-16-12-10-8-6-7-9-11-13-16/h10H,4-9,11,13-14H2,1-3H3,(H,20,21). The van der Waals surface area contributed by atoms with Gasteiger partial charge in [0, 0.05) is 13.3 Å². The molecule has 6 nitrogen and oxygen atoms in total. The van der Waals surface area contributed by atoms with Gasteiger partial charge in [-0.15, -0.1) is 5.73 Å². The number of esters is 2. The third-order valence-corrected chi connectivity index (χ3v) is 4.00. The summed E-state index contributed by atoms with van der Waals surface area (Å²) in [5.41, 5.74) is 2.17. The van der Waals surface area contributed by atoms with Crippen LogP contribution in [-0.4, -0.2) is 36.6 Å². The van der Waals surface area contributed by atoms with Gasteiger partial charge in [-0.05, 0) is 51.2 Å². The van der Waals surface area contributed by atoms with Crippen LogP contribution in [0.2, 0.25) is 0 Å². The molecular formula is C19H29NO5. The summed E-state index contributed by atoms with van der Waals surface area (Å²) in [6.45, 7) is 4.78. The number of nitrogens with one attached hydrogen (secondary N) is 1. The van der Waals surface area contributed by atoms with Crippen LogP contribution in [0.3, 0.4) is 0 Å². The van der Waals surface area contributed by atoms with E-state index in [0.29, 0.717) is 0 Å². The minimum absolute atomic E-state index is 0.0146. The molecule has 0 aromatic heterocycles. The highest BCUT2D eigenvalue weighted by atomic mass is 16.6. The van der Waals surface area contributed by atoms with Gasteiger partial charge in [-0.25, -0.2) is 9.59 Å². The van der Waals surface area contributed by atoms with Gasteiger partial charge < -0.3 is 14.8 Å². The van der Waals surface area contributed by atoms with Crippen LogP contribution in [0.5, 0.6) is 0 Å². The summed E-state index contributed by atoms with van der Waals surface area (Å²) >= 11 is 0. The molecule has 1 aliphatic carbocycles. The molecule has 1 rings (SSSR count). The number of hydrogen-bond acceptors (Lipinski definition) is 5. The Morgan fingerprint density at radius 1 is 1.08 bits per heavy atom. The van der Waals surface area contributed by atoms with Crippen molar-refractivity contribution in [3.8, 4) is 0 Å². The zero-order valence-corrected chi connectivity index (χ0v) is 15.5. The lowest BCUT2D eigenvalue weighted by atomic mass is 9.88. The van der Waals surface area contributed by atoms with E-state index in [1.165, 1.54) is 6.92 Å². The summed E-state index contributed by atoms with van der Waals surface area (Å²) in [6, 6.07) is 0. The molecule has 6 heteroatoms. The third kappa shape index (κ3) is 6.39. The molecule has 140 valence electrons. The van der Waals surface area contributed by atoms with Crippen molar-refractivity contribution < 1.29 is 23.9 Å².